The van der Waals surface area contributed by atoms with Crippen molar-refractivity contribution in [2.75, 3.05) is 22.6 Å². The number of nitrogens with zero attached hydrogens (tertiary/aromatic N) is 2. The minimum atomic E-state index is -0.292. The van der Waals surface area contributed by atoms with Gasteiger partial charge < -0.3 is 10.1 Å². The molecule has 0 fully saturated rings. The Kier molecular flexibility index (Phi) is 8.36. The third-order valence-electron chi connectivity index (χ3n) is 5.15. The zero-order chi connectivity index (χ0) is 25.7. The van der Waals surface area contributed by atoms with Crippen molar-refractivity contribution in [3.05, 3.63) is 93.6 Å². The first kappa shape index (κ1) is 25.8. The van der Waals surface area contributed by atoms with Crippen molar-refractivity contribution in [2.45, 2.75) is 13.8 Å². The number of amides is 2. The lowest BCUT2D eigenvalue weighted by Crippen LogP contribution is -2.31. The summed E-state index contributed by atoms with van der Waals surface area (Å²) in [6, 6.07) is 19.8. The summed E-state index contributed by atoms with van der Waals surface area (Å²) >= 11 is 13.3. The van der Waals surface area contributed by atoms with Crippen LogP contribution >= 0.6 is 35.0 Å². The van der Waals surface area contributed by atoms with E-state index in [1.165, 1.54) is 16.7 Å². The number of ether oxygens (including phenoxy) is 1. The lowest BCUT2D eigenvalue weighted by Gasteiger charge is -2.18. The van der Waals surface area contributed by atoms with Gasteiger partial charge in [0.05, 0.1) is 28.1 Å². The third kappa shape index (κ3) is 6.29. The molecule has 0 aromatic heterocycles. The van der Waals surface area contributed by atoms with Crippen LogP contribution in [0.1, 0.15) is 18.1 Å². The largest absolute Gasteiger partial charge is 0.494 e. The Labute approximate surface area is 224 Å². The van der Waals surface area contributed by atoms with Crippen molar-refractivity contribution >= 4 is 69.4 Å². The number of anilines is 2. The summed E-state index contributed by atoms with van der Waals surface area (Å²) in [6.07, 6.45) is 1.65. The molecule has 9 heteroatoms. The van der Waals surface area contributed by atoms with E-state index in [1.807, 2.05) is 38.1 Å². The van der Waals surface area contributed by atoms with Gasteiger partial charge in [-0.2, -0.15) is 0 Å². The van der Waals surface area contributed by atoms with Crippen molar-refractivity contribution in [2.24, 2.45) is 4.99 Å². The Morgan fingerprint density at radius 2 is 1.78 bits per heavy atom. The molecular weight excluding hydrogens is 517 g/mol. The van der Waals surface area contributed by atoms with Crippen molar-refractivity contribution < 1.29 is 14.3 Å². The lowest BCUT2D eigenvalue weighted by atomic mass is 10.2. The summed E-state index contributed by atoms with van der Waals surface area (Å²) in [5.74, 6) is 0.296. The molecule has 3 aromatic rings. The maximum atomic E-state index is 13.3. The fraction of sp³-hybridized carbons (Fsp3) is 0.148. The monoisotopic (exact) mass is 539 g/mol. The fourth-order valence-electron chi connectivity index (χ4n) is 3.40. The SMILES string of the molecule is CCOc1ccc(NC(=O)CSC2=N/C(=C/c3ccc(Cl)c(Cl)c3)C(=O)N2c2ccc(C)cc2)cc1. The minimum Gasteiger partial charge on any atom is -0.494 e. The second kappa shape index (κ2) is 11.6. The number of hydrogen-bond donors (Lipinski definition) is 1. The zero-order valence-electron chi connectivity index (χ0n) is 19.6. The average molecular weight is 540 g/mol. The van der Waals surface area contributed by atoms with Gasteiger partial charge in [-0.25, -0.2) is 4.99 Å². The van der Waals surface area contributed by atoms with Gasteiger partial charge in [0, 0.05) is 5.69 Å². The van der Waals surface area contributed by atoms with E-state index in [2.05, 4.69) is 10.3 Å². The van der Waals surface area contributed by atoms with Crippen molar-refractivity contribution in [3.63, 3.8) is 0 Å². The van der Waals surface area contributed by atoms with Crippen LogP contribution in [-0.4, -0.2) is 29.3 Å². The van der Waals surface area contributed by atoms with Gasteiger partial charge in [-0.05, 0) is 74.0 Å². The molecule has 1 aliphatic heterocycles. The Morgan fingerprint density at radius 1 is 1.06 bits per heavy atom. The van der Waals surface area contributed by atoms with E-state index in [0.29, 0.717) is 38.8 Å². The van der Waals surface area contributed by atoms with E-state index in [9.17, 15) is 9.59 Å². The van der Waals surface area contributed by atoms with Gasteiger partial charge in [-0.1, -0.05) is 58.7 Å². The Bertz CT molecular complexity index is 1340. The van der Waals surface area contributed by atoms with E-state index < -0.39 is 0 Å². The molecule has 4 rings (SSSR count). The molecule has 3 aromatic carbocycles. The van der Waals surface area contributed by atoms with Crippen LogP contribution < -0.4 is 15.0 Å². The number of aryl methyl sites for hydroxylation is 1. The van der Waals surface area contributed by atoms with Gasteiger partial charge in [0.2, 0.25) is 5.91 Å². The average Bonchev–Trinajstić information content (AvgIpc) is 3.17. The number of carbonyl (C=O) groups is 2. The number of amidine groups is 1. The minimum absolute atomic E-state index is 0.0712. The number of hydrogen-bond acceptors (Lipinski definition) is 5. The predicted octanol–water partition coefficient (Wildman–Crippen LogP) is 6.82. The van der Waals surface area contributed by atoms with Gasteiger partial charge in [-0.15, -0.1) is 0 Å². The Hall–Kier alpha value is -3.26. The summed E-state index contributed by atoms with van der Waals surface area (Å²) in [5.41, 5.74) is 3.33. The summed E-state index contributed by atoms with van der Waals surface area (Å²) < 4.78 is 5.43. The quantitative estimate of drug-likeness (QED) is 0.334. The molecule has 1 heterocycles. The molecule has 0 atom stereocenters. The predicted molar refractivity (Wildman–Crippen MR) is 149 cm³/mol. The van der Waals surface area contributed by atoms with Crippen molar-refractivity contribution in [1.82, 2.24) is 0 Å². The van der Waals surface area contributed by atoms with Crippen LogP contribution in [0.3, 0.4) is 0 Å². The number of nitrogens with one attached hydrogen (secondary N) is 1. The molecule has 0 saturated heterocycles. The first-order chi connectivity index (χ1) is 17.3. The maximum absolute atomic E-state index is 13.3. The molecule has 36 heavy (non-hydrogen) atoms. The summed E-state index contributed by atoms with van der Waals surface area (Å²) in [5, 5.41) is 4.08. The molecule has 0 radical (unpaired) electrons. The summed E-state index contributed by atoms with van der Waals surface area (Å²) in [4.78, 5) is 32.0. The molecule has 0 bridgehead atoms. The van der Waals surface area contributed by atoms with Crippen LogP contribution in [-0.2, 0) is 9.59 Å². The van der Waals surface area contributed by atoms with Crippen LogP contribution in [0.15, 0.2) is 77.4 Å². The van der Waals surface area contributed by atoms with Crippen LogP contribution in [0, 0.1) is 6.92 Å². The highest BCUT2D eigenvalue weighted by molar-refractivity contribution is 8.14. The second-order valence-corrected chi connectivity index (χ2v) is 9.62. The van der Waals surface area contributed by atoms with E-state index in [0.717, 1.165) is 11.3 Å². The highest BCUT2D eigenvalue weighted by Crippen LogP contribution is 2.31. The van der Waals surface area contributed by atoms with Gasteiger partial charge in [0.1, 0.15) is 11.4 Å². The molecule has 184 valence electrons. The third-order valence-corrected chi connectivity index (χ3v) is 6.83. The number of carbonyl (C=O) groups excluding carboxylic acids is 2. The van der Waals surface area contributed by atoms with Gasteiger partial charge in [-0.3, -0.25) is 14.5 Å². The highest BCUT2D eigenvalue weighted by Gasteiger charge is 2.32. The number of benzene rings is 3. The second-order valence-electron chi connectivity index (χ2n) is 7.87. The molecule has 1 aliphatic rings. The molecular formula is C27H23Cl2N3O3S. The molecule has 0 unspecified atom stereocenters. The van der Waals surface area contributed by atoms with Crippen LogP contribution in [0.25, 0.3) is 6.08 Å². The molecule has 0 saturated carbocycles. The van der Waals surface area contributed by atoms with E-state index in [4.69, 9.17) is 27.9 Å². The van der Waals surface area contributed by atoms with Crippen molar-refractivity contribution in [1.29, 1.82) is 0 Å². The lowest BCUT2D eigenvalue weighted by molar-refractivity contribution is -0.114. The molecule has 0 aliphatic carbocycles. The molecule has 6 nitrogen and oxygen atoms in total. The maximum Gasteiger partial charge on any atom is 0.283 e. The molecule has 0 spiro atoms. The van der Waals surface area contributed by atoms with E-state index in [1.54, 1.807) is 48.5 Å². The van der Waals surface area contributed by atoms with Crippen LogP contribution in [0.2, 0.25) is 10.0 Å². The Balaban J connectivity index is 1.53. The number of halogens is 2. The van der Waals surface area contributed by atoms with E-state index in [-0.39, 0.29) is 23.3 Å². The summed E-state index contributed by atoms with van der Waals surface area (Å²) in [6.45, 7) is 4.46. The van der Waals surface area contributed by atoms with Crippen LogP contribution in [0.5, 0.6) is 5.75 Å². The van der Waals surface area contributed by atoms with Crippen LogP contribution in [0.4, 0.5) is 11.4 Å². The van der Waals surface area contributed by atoms with Gasteiger partial charge in [0.25, 0.3) is 5.91 Å². The van der Waals surface area contributed by atoms with Gasteiger partial charge in [0.15, 0.2) is 5.17 Å². The first-order valence-electron chi connectivity index (χ1n) is 11.2. The topological polar surface area (TPSA) is 71.0 Å². The fourth-order valence-corrected chi connectivity index (χ4v) is 4.52. The Morgan fingerprint density at radius 3 is 2.44 bits per heavy atom. The first-order valence-corrected chi connectivity index (χ1v) is 12.9. The standard InChI is InChI=1S/C27H23Cl2N3O3S/c1-3-35-21-11-7-19(8-12-21)30-25(33)16-36-27-31-24(15-18-6-13-22(28)23(29)14-18)26(34)32(27)20-9-4-17(2)5-10-20/h4-15H,3,16H2,1-2H3,(H,30,33)/b24-15+. The number of thioether (sulfide) groups is 1. The van der Waals surface area contributed by atoms with Crippen molar-refractivity contribution in [3.8, 4) is 5.75 Å². The smallest absolute Gasteiger partial charge is 0.283 e. The molecule has 2 amide bonds. The van der Waals surface area contributed by atoms with E-state index >= 15 is 0 Å². The number of rotatable bonds is 7. The number of aliphatic imine (C=N–C) groups is 1. The van der Waals surface area contributed by atoms with Gasteiger partial charge >= 0.3 is 0 Å². The zero-order valence-corrected chi connectivity index (χ0v) is 22.0. The summed E-state index contributed by atoms with van der Waals surface area (Å²) in [7, 11) is 0. The normalized spacial score (nSPS) is 14.2. The highest BCUT2D eigenvalue weighted by atomic mass is 35.5. The molecule has 1 N–H and O–H groups in total.